The van der Waals surface area contributed by atoms with E-state index in [2.05, 4.69) is 14.9 Å². The van der Waals surface area contributed by atoms with Gasteiger partial charge in [-0.2, -0.15) is 0 Å². The van der Waals surface area contributed by atoms with Crippen molar-refractivity contribution in [3.63, 3.8) is 0 Å². The van der Waals surface area contributed by atoms with Crippen LogP contribution in [-0.2, 0) is 10.0 Å². The highest BCUT2D eigenvalue weighted by molar-refractivity contribution is 7.92. The summed E-state index contributed by atoms with van der Waals surface area (Å²) in [6.45, 7) is 4.94. The van der Waals surface area contributed by atoms with Gasteiger partial charge < -0.3 is 14.6 Å². The van der Waals surface area contributed by atoms with E-state index in [4.69, 9.17) is 4.42 Å². The Morgan fingerprint density at radius 2 is 1.93 bits per heavy atom. The highest BCUT2D eigenvalue weighted by atomic mass is 32.2. The van der Waals surface area contributed by atoms with Crippen molar-refractivity contribution in [1.82, 2.24) is 5.32 Å². The second-order valence-electron chi connectivity index (χ2n) is 6.59. The van der Waals surface area contributed by atoms with E-state index in [1.54, 1.807) is 31.4 Å². The molecule has 0 radical (unpaired) electrons. The van der Waals surface area contributed by atoms with Crippen LogP contribution in [0.2, 0.25) is 0 Å². The molecule has 1 aliphatic rings. The Morgan fingerprint density at radius 3 is 2.70 bits per heavy atom. The Bertz CT molecular complexity index is 1090. The number of fused-ring (bicyclic) bond motifs is 1. The number of halogens is 1. The summed E-state index contributed by atoms with van der Waals surface area (Å²) in [7, 11) is -3.92. The van der Waals surface area contributed by atoms with Crippen LogP contribution in [-0.4, -0.2) is 34.6 Å². The molecule has 4 rings (SSSR count). The average Bonchev–Trinajstić information content (AvgIpc) is 3.12. The van der Waals surface area contributed by atoms with Crippen molar-refractivity contribution in [2.45, 2.75) is 11.8 Å². The molecule has 1 aliphatic heterocycles. The number of rotatable bonds is 4. The lowest BCUT2D eigenvalue weighted by atomic mass is 10.2. The second kappa shape index (κ2) is 6.86. The molecule has 3 aromatic rings. The predicted octanol–water partition coefficient (Wildman–Crippen LogP) is 3.09. The van der Waals surface area contributed by atoms with E-state index in [0.717, 1.165) is 48.9 Å². The van der Waals surface area contributed by atoms with E-state index < -0.39 is 15.8 Å². The minimum Gasteiger partial charge on any atom is -0.462 e. The number of nitrogens with one attached hydrogen (secondary N) is 2. The van der Waals surface area contributed by atoms with E-state index in [9.17, 15) is 12.8 Å². The SMILES string of the molecule is Cc1ccc(F)cc1S(=O)(=O)Nc1cc(N2CCNCC2)c2occc2c1. The van der Waals surface area contributed by atoms with E-state index >= 15 is 0 Å². The maximum absolute atomic E-state index is 13.6. The fourth-order valence-corrected chi connectivity index (χ4v) is 4.63. The van der Waals surface area contributed by atoms with E-state index in [1.165, 1.54) is 12.1 Å². The highest BCUT2D eigenvalue weighted by Crippen LogP contribution is 2.33. The number of nitrogens with zero attached hydrogens (tertiary/aromatic N) is 1. The van der Waals surface area contributed by atoms with Gasteiger partial charge >= 0.3 is 0 Å². The summed E-state index contributed by atoms with van der Waals surface area (Å²) in [6, 6.07) is 9.02. The Labute approximate surface area is 157 Å². The largest absolute Gasteiger partial charge is 0.462 e. The van der Waals surface area contributed by atoms with Crippen molar-refractivity contribution >= 4 is 32.4 Å². The maximum Gasteiger partial charge on any atom is 0.262 e. The first-order valence-corrected chi connectivity index (χ1v) is 10.2. The zero-order valence-corrected chi connectivity index (χ0v) is 15.6. The van der Waals surface area contributed by atoms with Gasteiger partial charge in [-0.3, -0.25) is 4.72 Å². The number of benzene rings is 2. The standard InChI is InChI=1S/C19H20FN3O3S/c1-13-2-3-15(20)11-18(13)27(24,25)22-16-10-14-4-9-26-19(14)17(12-16)23-7-5-21-6-8-23/h2-4,9-12,21-22H,5-8H2,1H3. The summed E-state index contributed by atoms with van der Waals surface area (Å²) in [4.78, 5) is 2.09. The summed E-state index contributed by atoms with van der Waals surface area (Å²) in [5.41, 5.74) is 2.46. The molecule has 1 aromatic heterocycles. The van der Waals surface area contributed by atoms with Gasteiger partial charge in [-0.1, -0.05) is 6.07 Å². The molecule has 0 amide bonds. The maximum atomic E-state index is 13.6. The van der Waals surface area contributed by atoms with Crippen molar-refractivity contribution in [3.8, 4) is 0 Å². The summed E-state index contributed by atoms with van der Waals surface area (Å²) >= 11 is 0. The summed E-state index contributed by atoms with van der Waals surface area (Å²) in [5, 5.41) is 4.10. The van der Waals surface area contributed by atoms with Gasteiger partial charge in [0.1, 0.15) is 5.82 Å². The number of furan rings is 1. The molecular formula is C19H20FN3O3S. The zero-order valence-electron chi connectivity index (χ0n) is 14.8. The van der Waals surface area contributed by atoms with E-state index in [1.807, 2.05) is 0 Å². The minimum absolute atomic E-state index is 0.0708. The van der Waals surface area contributed by atoms with Gasteiger partial charge in [-0.15, -0.1) is 0 Å². The van der Waals surface area contributed by atoms with Gasteiger partial charge in [0.15, 0.2) is 5.58 Å². The molecule has 27 heavy (non-hydrogen) atoms. The molecule has 0 saturated carbocycles. The molecule has 1 fully saturated rings. The lowest BCUT2D eigenvalue weighted by Gasteiger charge is -2.29. The van der Waals surface area contributed by atoms with Crippen LogP contribution < -0.4 is 14.9 Å². The van der Waals surface area contributed by atoms with Crippen molar-refractivity contribution in [3.05, 3.63) is 54.0 Å². The molecular weight excluding hydrogens is 369 g/mol. The smallest absolute Gasteiger partial charge is 0.262 e. The molecule has 0 aliphatic carbocycles. The Morgan fingerprint density at radius 1 is 1.15 bits per heavy atom. The van der Waals surface area contributed by atoms with Crippen LogP contribution in [0.25, 0.3) is 11.0 Å². The first-order valence-electron chi connectivity index (χ1n) is 8.70. The third-order valence-electron chi connectivity index (χ3n) is 4.68. The zero-order chi connectivity index (χ0) is 19.0. The Hall–Kier alpha value is -2.58. The number of hydrogen-bond donors (Lipinski definition) is 2. The lowest BCUT2D eigenvalue weighted by molar-refractivity contribution is 0.579. The predicted molar refractivity (Wildman–Crippen MR) is 103 cm³/mol. The molecule has 8 heteroatoms. The fraction of sp³-hybridized carbons (Fsp3) is 0.263. The third-order valence-corrected chi connectivity index (χ3v) is 6.20. The molecule has 142 valence electrons. The van der Waals surface area contributed by atoms with Crippen LogP contribution in [0.5, 0.6) is 0 Å². The van der Waals surface area contributed by atoms with E-state index in [-0.39, 0.29) is 4.90 Å². The van der Waals surface area contributed by atoms with Crippen molar-refractivity contribution < 1.29 is 17.2 Å². The third kappa shape index (κ3) is 3.50. The summed E-state index contributed by atoms with van der Waals surface area (Å²) in [5.74, 6) is -0.590. The molecule has 0 unspecified atom stereocenters. The van der Waals surface area contributed by atoms with Crippen molar-refractivity contribution in [2.24, 2.45) is 0 Å². The summed E-state index contributed by atoms with van der Waals surface area (Å²) < 4.78 is 47.4. The van der Waals surface area contributed by atoms with Gasteiger partial charge in [-0.25, -0.2) is 12.8 Å². The number of anilines is 2. The number of sulfonamides is 1. The molecule has 0 bridgehead atoms. The van der Waals surface area contributed by atoms with Crippen molar-refractivity contribution in [2.75, 3.05) is 35.8 Å². The molecule has 6 nitrogen and oxygen atoms in total. The fourth-order valence-electron chi connectivity index (χ4n) is 3.34. The summed E-state index contributed by atoms with van der Waals surface area (Å²) in [6.07, 6.45) is 1.59. The van der Waals surface area contributed by atoms with Crippen LogP contribution >= 0.6 is 0 Å². The number of hydrogen-bond acceptors (Lipinski definition) is 5. The van der Waals surface area contributed by atoms with Gasteiger partial charge in [0.05, 0.1) is 22.5 Å². The molecule has 2 heterocycles. The minimum atomic E-state index is -3.92. The second-order valence-corrected chi connectivity index (χ2v) is 8.24. The quantitative estimate of drug-likeness (QED) is 0.717. The number of aryl methyl sites for hydroxylation is 1. The number of piperazine rings is 1. The monoisotopic (exact) mass is 389 g/mol. The molecule has 0 spiro atoms. The van der Waals surface area contributed by atoms with Gasteiger partial charge in [0, 0.05) is 31.6 Å². The van der Waals surface area contributed by atoms with Crippen LogP contribution in [0, 0.1) is 12.7 Å². The van der Waals surface area contributed by atoms with Crippen LogP contribution in [0.3, 0.4) is 0 Å². The van der Waals surface area contributed by atoms with Gasteiger partial charge in [-0.05, 0) is 42.8 Å². The Kier molecular flexibility index (Phi) is 4.53. The topological polar surface area (TPSA) is 74.6 Å². The van der Waals surface area contributed by atoms with Crippen LogP contribution in [0.15, 0.2) is 52.0 Å². The van der Waals surface area contributed by atoms with Crippen molar-refractivity contribution in [1.29, 1.82) is 0 Å². The normalized spacial score (nSPS) is 15.3. The van der Waals surface area contributed by atoms with Gasteiger partial charge in [0.2, 0.25) is 0 Å². The lowest BCUT2D eigenvalue weighted by Crippen LogP contribution is -2.43. The molecule has 1 saturated heterocycles. The van der Waals surface area contributed by atoms with Crippen LogP contribution in [0.1, 0.15) is 5.56 Å². The Balaban J connectivity index is 1.74. The first kappa shape index (κ1) is 17.8. The molecule has 0 atom stereocenters. The average molecular weight is 389 g/mol. The highest BCUT2D eigenvalue weighted by Gasteiger charge is 2.21. The molecule has 2 aromatic carbocycles. The van der Waals surface area contributed by atoms with E-state index in [0.29, 0.717) is 11.3 Å². The van der Waals surface area contributed by atoms with Crippen LogP contribution in [0.4, 0.5) is 15.8 Å². The van der Waals surface area contributed by atoms with Gasteiger partial charge in [0.25, 0.3) is 10.0 Å². The first-order chi connectivity index (χ1) is 12.9. The molecule has 2 N–H and O–H groups in total.